The molecular weight excluding hydrogens is 392 g/mol. The highest BCUT2D eigenvalue weighted by Gasteiger charge is 2.25. The summed E-state index contributed by atoms with van der Waals surface area (Å²) in [5, 5.41) is 12.0. The Labute approximate surface area is 179 Å². The van der Waals surface area contributed by atoms with Gasteiger partial charge in [-0.1, -0.05) is 36.0 Å². The molecule has 0 fully saturated rings. The number of hydrogen-bond acceptors (Lipinski definition) is 4. The first-order valence-electron chi connectivity index (χ1n) is 9.69. The zero-order valence-electron chi connectivity index (χ0n) is 16.7. The predicted molar refractivity (Wildman–Crippen MR) is 122 cm³/mol. The second-order valence-corrected chi connectivity index (χ2v) is 8.18. The Hall–Kier alpha value is -3.44. The fourth-order valence-corrected chi connectivity index (χ4v) is 4.93. The van der Waals surface area contributed by atoms with Gasteiger partial charge in [0.05, 0.1) is 29.3 Å². The first-order chi connectivity index (χ1) is 14.7. The molecule has 148 valence electrons. The number of aromatic nitrogens is 1. The van der Waals surface area contributed by atoms with E-state index in [9.17, 15) is 5.11 Å². The molecule has 0 aliphatic carbocycles. The molecule has 0 saturated heterocycles. The number of aromatic hydroxyl groups is 1. The van der Waals surface area contributed by atoms with Crippen LogP contribution < -0.4 is 14.2 Å². The molecule has 30 heavy (non-hydrogen) atoms. The number of nitrogens with zero attached hydrogens (tertiary/aromatic N) is 2. The summed E-state index contributed by atoms with van der Waals surface area (Å²) in [4.78, 5) is 3.49. The van der Waals surface area contributed by atoms with Crippen LogP contribution in [0, 0.1) is 0 Å². The lowest BCUT2D eigenvalue weighted by molar-refractivity contribution is -0.575. The van der Waals surface area contributed by atoms with E-state index >= 15 is 0 Å². The number of ether oxygens (including phenoxy) is 1. The van der Waals surface area contributed by atoms with Crippen molar-refractivity contribution >= 4 is 34.4 Å². The molecule has 1 aliphatic rings. The number of phenolic OH excluding ortho intramolecular Hbond substituents is 1. The molecule has 0 radical (unpaired) electrons. The molecule has 3 aromatic carbocycles. The van der Waals surface area contributed by atoms with Crippen LogP contribution in [0.15, 0.2) is 88.8 Å². The highest BCUT2D eigenvalue weighted by molar-refractivity contribution is 8.03. The number of phenols is 1. The molecule has 2 heterocycles. The zero-order chi connectivity index (χ0) is 20.7. The van der Waals surface area contributed by atoms with E-state index in [0.29, 0.717) is 0 Å². The van der Waals surface area contributed by atoms with Gasteiger partial charge in [0, 0.05) is 35.7 Å². The lowest BCUT2D eigenvalue weighted by atomic mass is 10.1. The fourth-order valence-electron chi connectivity index (χ4n) is 3.82. The molecule has 4 aromatic rings. The lowest BCUT2D eigenvalue weighted by Gasteiger charge is -2.14. The van der Waals surface area contributed by atoms with Crippen LogP contribution in [0.5, 0.6) is 11.6 Å². The van der Waals surface area contributed by atoms with Crippen LogP contribution in [0.4, 0.5) is 5.69 Å². The van der Waals surface area contributed by atoms with Crippen LogP contribution >= 0.6 is 11.8 Å². The van der Waals surface area contributed by atoms with Crippen LogP contribution in [-0.4, -0.2) is 19.3 Å². The van der Waals surface area contributed by atoms with Gasteiger partial charge in [-0.2, -0.15) is 0 Å². The van der Waals surface area contributed by atoms with Crippen molar-refractivity contribution < 1.29 is 14.4 Å². The van der Waals surface area contributed by atoms with E-state index in [2.05, 4.69) is 71.1 Å². The SMILES string of the molecule is COc1cc(/C=C2\Sc3ccccc3N2C)c2ccccc2[n+]1-c1ccc(O)cc1. The summed E-state index contributed by atoms with van der Waals surface area (Å²) in [5.41, 5.74) is 4.29. The van der Waals surface area contributed by atoms with Gasteiger partial charge in [-0.3, -0.25) is 0 Å². The van der Waals surface area contributed by atoms with E-state index < -0.39 is 0 Å². The van der Waals surface area contributed by atoms with E-state index in [0.717, 1.165) is 28.0 Å². The van der Waals surface area contributed by atoms with Crippen molar-refractivity contribution in [1.29, 1.82) is 0 Å². The van der Waals surface area contributed by atoms with Gasteiger partial charge in [0.1, 0.15) is 5.75 Å². The number of para-hydroxylation sites is 2. The minimum absolute atomic E-state index is 0.241. The Morgan fingerprint density at radius 2 is 1.70 bits per heavy atom. The number of benzene rings is 3. The smallest absolute Gasteiger partial charge is 0.374 e. The number of thioether (sulfide) groups is 1. The Kier molecular flexibility index (Phi) is 4.60. The summed E-state index contributed by atoms with van der Waals surface area (Å²) in [6.45, 7) is 0. The maximum absolute atomic E-state index is 9.69. The third kappa shape index (κ3) is 3.08. The molecule has 5 heteroatoms. The lowest BCUT2D eigenvalue weighted by Crippen LogP contribution is -2.33. The largest absolute Gasteiger partial charge is 0.508 e. The first kappa shape index (κ1) is 18.6. The number of pyridine rings is 1. The zero-order valence-corrected chi connectivity index (χ0v) is 17.6. The molecule has 4 nitrogen and oxygen atoms in total. The predicted octanol–water partition coefficient (Wildman–Crippen LogP) is 5.37. The topological polar surface area (TPSA) is 36.6 Å². The Morgan fingerprint density at radius 1 is 0.967 bits per heavy atom. The van der Waals surface area contributed by atoms with Gasteiger partial charge in [0.2, 0.25) is 11.2 Å². The van der Waals surface area contributed by atoms with Gasteiger partial charge >= 0.3 is 5.88 Å². The van der Waals surface area contributed by atoms with Crippen molar-refractivity contribution in [3.63, 3.8) is 0 Å². The second-order valence-electron chi connectivity index (χ2n) is 7.12. The molecule has 1 aliphatic heterocycles. The minimum atomic E-state index is 0.241. The van der Waals surface area contributed by atoms with Gasteiger partial charge in [-0.05, 0) is 36.4 Å². The van der Waals surface area contributed by atoms with Gasteiger partial charge in [0.15, 0.2) is 0 Å². The molecule has 0 bridgehead atoms. The molecular formula is C25H21N2O2S+. The molecule has 5 rings (SSSR count). The molecule has 0 saturated carbocycles. The number of anilines is 1. The van der Waals surface area contributed by atoms with Crippen LogP contribution in [-0.2, 0) is 0 Å². The fraction of sp³-hybridized carbons (Fsp3) is 0.0800. The summed E-state index contributed by atoms with van der Waals surface area (Å²) in [7, 11) is 3.79. The summed E-state index contributed by atoms with van der Waals surface area (Å²) in [5.74, 6) is 0.972. The third-order valence-corrected chi connectivity index (χ3v) is 6.49. The average Bonchev–Trinajstić information content (AvgIpc) is 3.10. The standard InChI is InChI=1S/C25H20N2O2S/c1-26-22-9-5-6-10-23(22)30-25(26)16-17-15-24(29-2)27(18-11-13-19(28)14-12-18)21-8-4-3-7-20(17)21/h3-16H,1-2H3/p+1. The number of methoxy groups -OCH3 is 1. The van der Waals surface area contributed by atoms with Crippen molar-refractivity contribution in [3.8, 4) is 17.3 Å². The van der Waals surface area contributed by atoms with Gasteiger partial charge in [-0.15, -0.1) is 4.57 Å². The first-order valence-corrected chi connectivity index (χ1v) is 10.5. The van der Waals surface area contributed by atoms with Gasteiger partial charge in [0.25, 0.3) is 0 Å². The maximum atomic E-state index is 9.69. The van der Waals surface area contributed by atoms with Crippen LogP contribution in [0.25, 0.3) is 22.7 Å². The average molecular weight is 414 g/mol. The Bertz CT molecular complexity index is 1280. The number of rotatable bonds is 3. The monoisotopic (exact) mass is 413 g/mol. The second kappa shape index (κ2) is 7.43. The molecule has 0 atom stereocenters. The Balaban J connectivity index is 1.70. The number of hydrogen-bond donors (Lipinski definition) is 1. The third-order valence-electron chi connectivity index (χ3n) is 5.32. The van der Waals surface area contributed by atoms with Crippen molar-refractivity contribution in [3.05, 3.63) is 89.5 Å². The van der Waals surface area contributed by atoms with Crippen molar-refractivity contribution in [1.82, 2.24) is 0 Å². The quantitative estimate of drug-likeness (QED) is 0.458. The van der Waals surface area contributed by atoms with E-state index in [1.807, 2.05) is 18.2 Å². The maximum Gasteiger partial charge on any atom is 0.374 e. The normalized spacial score (nSPS) is 14.3. The molecule has 1 N–H and O–H groups in total. The van der Waals surface area contributed by atoms with Crippen molar-refractivity contribution in [2.75, 3.05) is 19.1 Å². The summed E-state index contributed by atoms with van der Waals surface area (Å²) in [6.07, 6.45) is 2.22. The molecule has 0 amide bonds. The van der Waals surface area contributed by atoms with Crippen LogP contribution in [0.3, 0.4) is 0 Å². The summed E-state index contributed by atoms with van der Waals surface area (Å²) in [6, 6.07) is 26.0. The van der Waals surface area contributed by atoms with Gasteiger partial charge < -0.3 is 14.7 Å². The Morgan fingerprint density at radius 3 is 2.47 bits per heavy atom. The summed E-state index contributed by atoms with van der Waals surface area (Å²) < 4.78 is 7.85. The van der Waals surface area contributed by atoms with Crippen molar-refractivity contribution in [2.24, 2.45) is 0 Å². The van der Waals surface area contributed by atoms with Crippen molar-refractivity contribution in [2.45, 2.75) is 4.90 Å². The molecule has 0 unspecified atom stereocenters. The van der Waals surface area contributed by atoms with E-state index in [1.165, 1.54) is 15.6 Å². The summed E-state index contributed by atoms with van der Waals surface area (Å²) >= 11 is 1.77. The van der Waals surface area contributed by atoms with Crippen LogP contribution in [0.1, 0.15) is 5.56 Å². The highest BCUT2D eigenvalue weighted by Crippen LogP contribution is 2.45. The van der Waals surface area contributed by atoms with E-state index in [1.54, 1.807) is 31.0 Å². The molecule has 0 spiro atoms. The van der Waals surface area contributed by atoms with Gasteiger partial charge in [-0.25, -0.2) is 0 Å². The highest BCUT2D eigenvalue weighted by atomic mass is 32.2. The number of fused-ring (bicyclic) bond motifs is 2. The minimum Gasteiger partial charge on any atom is -0.508 e. The van der Waals surface area contributed by atoms with E-state index in [-0.39, 0.29) is 5.75 Å². The van der Waals surface area contributed by atoms with E-state index in [4.69, 9.17) is 4.74 Å². The molecule has 1 aromatic heterocycles. The van der Waals surface area contributed by atoms with Crippen LogP contribution in [0.2, 0.25) is 0 Å².